The molecule has 0 aliphatic heterocycles. The van der Waals surface area contributed by atoms with E-state index in [1.54, 1.807) is 62.4 Å². The molecule has 0 aliphatic carbocycles. The molecule has 2 rings (SSSR count). The van der Waals surface area contributed by atoms with Crippen LogP contribution in [0.25, 0.3) is 0 Å². The molecule has 0 fully saturated rings. The zero-order valence-corrected chi connectivity index (χ0v) is 14.5. The third kappa shape index (κ3) is 4.26. The van der Waals surface area contributed by atoms with Crippen molar-refractivity contribution >= 4 is 29.1 Å². The molecular formula is C18H20FN3O3. The van der Waals surface area contributed by atoms with Gasteiger partial charge in [-0.1, -0.05) is 0 Å². The molecular weight excluding hydrogens is 325 g/mol. The van der Waals surface area contributed by atoms with Gasteiger partial charge in [-0.05, 0) is 42.5 Å². The van der Waals surface area contributed by atoms with Crippen LogP contribution in [0.15, 0.2) is 42.5 Å². The van der Waals surface area contributed by atoms with Crippen molar-refractivity contribution in [3.63, 3.8) is 0 Å². The molecule has 2 aromatic carbocycles. The van der Waals surface area contributed by atoms with E-state index >= 15 is 0 Å². The molecule has 0 radical (unpaired) electrons. The summed E-state index contributed by atoms with van der Waals surface area (Å²) in [6.07, 6.45) is -0.492. The number of benzene rings is 2. The van der Waals surface area contributed by atoms with E-state index in [2.05, 4.69) is 10.1 Å². The average Bonchev–Trinajstić information content (AvgIpc) is 2.60. The van der Waals surface area contributed by atoms with Gasteiger partial charge in [0.1, 0.15) is 5.82 Å². The summed E-state index contributed by atoms with van der Waals surface area (Å²) in [5.74, 6) is -0.883. The van der Waals surface area contributed by atoms with E-state index in [1.165, 1.54) is 18.1 Å². The number of halogens is 1. The summed E-state index contributed by atoms with van der Waals surface area (Å²) >= 11 is 0. The van der Waals surface area contributed by atoms with Crippen LogP contribution in [0.4, 0.5) is 26.2 Å². The number of carbonyl (C=O) groups is 2. The minimum absolute atomic E-state index is 0.221. The highest BCUT2D eigenvalue weighted by Crippen LogP contribution is 2.21. The van der Waals surface area contributed by atoms with Gasteiger partial charge in [0.2, 0.25) is 0 Å². The highest BCUT2D eigenvalue weighted by molar-refractivity contribution is 6.04. The quantitative estimate of drug-likeness (QED) is 0.923. The van der Waals surface area contributed by atoms with Gasteiger partial charge < -0.3 is 15.0 Å². The van der Waals surface area contributed by atoms with E-state index in [0.717, 1.165) is 0 Å². The lowest BCUT2D eigenvalue weighted by Crippen LogP contribution is -2.25. The summed E-state index contributed by atoms with van der Waals surface area (Å²) in [5.41, 5.74) is 1.78. The molecule has 25 heavy (non-hydrogen) atoms. The zero-order valence-electron chi connectivity index (χ0n) is 14.5. The number of methoxy groups -OCH3 is 1. The second-order valence-corrected chi connectivity index (χ2v) is 5.59. The Balaban J connectivity index is 2.10. The Kier molecular flexibility index (Phi) is 5.59. The summed E-state index contributed by atoms with van der Waals surface area (Å²) in [6, 6.07) is 11.0. The van der Waals surface area contributed by atoms with Crippen LogP contribution >= 0.6 is 0 Å². The van der Waals surface area contributed by atoms with Gasteiger partial charge in [-0.3, -0.25) is 9.69 Å². The lowest BCUT2D eigenvalue weighted by Gasteiger charge is -2.16. The molecule has 6 nitrogen and oxygen atoms in total. The normalized spacial score (nSPS) is 10.1. The third-order valence-electron chi connectivity index (χ3n) is 3.65. The molecule has 2 amide bonds. The Labute approximate surface area is 145 Å². The van der Waals surface area contributed by atoms with Crippen LogP contribution in [0, 0.1) is 5.82 Å². The third-order valence-corrected chi connectivity index (χ3v) is 3.65. The number of hydrogen-bond acceptors (Lipinski definition) is 4. The zero-order chi connectivity index (χ0) is 18.6. The molecule has 0 unspecified atom stereocenters. The first-order chi connectivity index (χ1) is 11.8. The van der Waals surface area contributed by atoms with Crippen LogP contribution in [-0.2, 0) is 4.74 Å². The molecule has 0 spiro atoms. The second kappa shape index (κ2) is 7.65. The van der Waals surface area contributed by atoms with E-state index in [-0.39, 0.29) is 5.56 Å². The second-order valence-electron chi connectivity index (χ2n) is 5.59. The predicted octanol–water partition coefficient (Wildman–Crippen LogP) is 3.35. The van der Waals surface area contributed by atoms with Gasteiger partial charge in [0, 0.05) is 38.1 Å². The van der Waals surface area contributed by atoms with E-state index in [9.17, 15) is 14.0 Å². The number of nitrogens with one attached hydrogen (secondary N) is 1. The Bertz CT molecular complexity index is 776. The molecule has 0 saturated carbocycles. The monoisotopic (exact) mass is 345 g/mol. The van der Waals surface area contributed by atoms with Crippen molar-refractivity contribution in [3.8, 4) is 0 Å². The summed E-state index contributed by atoms with van der Waals surface area (Å²) in [7, 11) is 6.33. The number of hydrogen-bond donors (Lipinski definition) is 1. The van der Waals surface area contributed by atoms with Crippen molar-refractivity contribution < 1.29 is 18.7 Å². The lowest BCUT2D eigenvalue weighted by atomic mass is 10.1. The topological polar surface area (TPSA) is 61.9 Å². The van der Waals surface area contributed by atoms with Crippen molar-refractivity contribution in [1.82, 2.24) is 0 Å². The molecule has 132 valence electrons. The smallest absolute Gasteiger partial charge is 0.413 e. The van der Waals surface area contributed by atoms with Gasteiger partial charge in [-0.15, -0.1) is 0 Å². The highest BCUT2D eigenvalue weighted by atomic mass is 19.1. The van der Waals surface area contributed by atoms with Gasteiger partial charge in [0.05, 0.1) is 12.8 Å². The molecule has 2 aromatic rings. The first-order valence-electron chi connectivity index (χ1n) is 7.53. The average molecular weight is 345 g/mol. The first-order valence-corrected chi connectivity index (χ1v) is 7.53. The van der Waals surface area contributed by atoms with Crippen molar-refractivity contribution in [1.29, 1.82) is 0 Å². The van der Waals surface area contributed by atoms with Gasteiger partial charge in [-0.2, -0.15) is 0 Å². The molecule has 7 heteroatoms. The number of rotatable bonds is 4. The van der Waals surface area contributed by atoms with Crippen molar-refractivity contribution in [2.45, 2.75) is 0 Å². The lowest BCUT2D eigenvalue weighted by molar-refractivity contribution is 0.102. The minimum atomic E-state index is -0.492. The van der Waals surface area contributed by atoms with Gasteiger partial charge in [0.25, 0.3) is 5.91 Å². The molecule has 0 saturated heterocycles. The Hall–Kier alpha value is -3.09. The van der Waals surface area contributed by atoms with Crippen LogP contribution in [0.5, 0.6) is 0 Å². The van der Waals surface area contributed by atoms with E-state index < -0.39 is 17.8 Å². The summed E-state index contributed by atoms with van der Waals surface area (Å²) in [4.78, 5) is 26.7. The number of carbonyl (C=O) groups excluding carboxylic acids is 2. The van der Waals surface area contributed by atoms with Crippen LogP contribution in [-0.4, -0.2) is 40.3 Å². The summed E-state index contributed by atoms with van der Waals surface area (Å²) < 4.78 is 18.6. The highest BCUT2D eigenvalue weighted by Gasteiger charge is 2.13. The number of anilines is 3. The molecule has 0 aliphatic rings. The van der Waals surface area contributed by atoms with E-state index in [0.29, 0.717) is 17.1 Å². The first kappa shape index (κ1) is 18.3. The SMILES string of the molecule is COC(=O)N(C)c1ccc(NC(=O)c2ccc(N(C)C)c(F)c2)cc1. The van der Waals surface area contributed by atoms with Crippen molar-refractivity contribution in [2.24, 2.45) is 0 Å². The number of nitrogens with zero attached hydrogens (tertiary/aromatic N) is 2. The van der Waals surface area contributed by atoms with Crippen LogP contribution < -0.4 is 15.1 Å². The Morgan fingerprint density at radius 3 is 2.20 bits per heavy atom. The largest absolute Gasteiger partial charge is 0.452 e. The van der Waals surface area contributed by atoms with Crippen LogP contribution in [0.3, 0.4) is 0 Å². The molecule has 0 bridgehead atoms. The molecule has 0 heterocycles. The fraction of sp³-hybridized carbons (Fsp3) is 0.222. The van der Waals surface area contributed by atoms with E-state index in [1.807, 2.05) is 0 Å². The molecule has 0 atom stereocenters. The van der Waals surface area contributed by atoms with Crippen LogP contribution in [0.2, 0.25) is 0 Å². The summed E-state index contributed by atoms with van der Waals surface area (Å²) in [5, 5.41) is 2.69. The van der Waals surface area contributed by atoms with E-state index in [4.69, 9.17) is 0 Å². The van der Waals surface area contributed by atoms with Gasteiger partial charge in [-0.25, -0.2) is 9.18 Å². The maximum absolute atomic E-state index is 14.0. The number of ether oxygens (including phenoxy) is 1. The summed E-state index contributed by atoms with van der Waals surface area (Å²) in [6.45, 7) is 0. The maximum Gasteiger partial charge on any atom is 0.413 e. The fourth-order valence-corrected chi connectivity index (χ4v) is 2.22. The fourth-order valence-electron chi connectivity index (χ4n) is 2.22. The van der Waals surface area contributed by atoms with Gasteiger partial charge >= 0.3 is 6.09 Å². The Morgan fingerprint density at radius 2 is 1.68 bits per heavy atom. The molecule has 1 N–H and O–H groups in total. The number of amides is 2. The standard InChI is InChI=1S/C18H20FN3O3/c1-21(2)16-10-5-12(11-15(16)19)17(23)20-13-6-8-14(9-7-13)22(3)18(24)25-4/h5-11H,1-4H3,(H,20,23). The predicted molar refractivity (Wildman–Crippen MR) is 95.9 cm³/mol. The maximum atomic E-state index is 14.0. The van der Waals surface area contributed by atoms with Crippen LogP contribution in [0.1, 0.15) is 10.4 Å². The molecule has 0 aromatic heterocycles. The van der Waals surface area contributed by atoms with Gasteiger partial charge in [0.15, 0.2) is 0 Å². The van der Waals surface area contributed by atoms with Crippen molar-refractivity contribution in [3.05, 3.63) is 53.8 Å². The van der Waals surface area contributed by atoms with Crippen molar-refractivity contribution in [2.75, 3.05) is 43.4 Å². The minimum Gasteiger partial charge on any atom is -0.452 e. The Morgan fingerprint density at radius 1 is 1.04 bits per heavy atom.